The van der Waals surface area contributed by atoms with Crippen LogP contribution in [-0.2, 0) is 11.4 Å². The zero-order valence-corrected chi connectivity index (χ0v) is 10.2. The van der Waals surface area contributed by atoms with Gasteiger partial charge in [0, 0.05) is 5.56 Å². The maximum atomic E-state index is 10.9. The molecule has 1 aliphatic heterocycles. The number of phenols is 1. The van der Waals surface area contributed by atoms with Crippen LogP contribution in [0.3, 0.4) is 0 Å². The number of allylic oxidation sites excluding steroid dienone is 1. The maximum Gasteiger partial charge on any atom is 0.143 e. The van der Waals surface area contributed by atoms with Gasteiger partial charge in [0.1, 0.15) is 24.4 Å². The van der Waals surface area contributed by atoms with Gasteiger partial charge in [-0.05, 0) is 41.0 Å². The highest BCUT2D eigenvalue weighted by atomic mass is 16.5. The standard InChI is InChI=1S/C16H12O3/c17-8-7-14-13-4-2-1-3-11(13)10-19-16-6-5-12(18)9-15(14)16/h1-9,18H,10H2. The van der Waals surface area contributed by atoms with Crippen LogP contribution in [0.25, 0.3) is 5.57 Å². The van der Waals surface area contributed by atoms with E-state index in [1.807, 2.05) is 24.3 Å². The first-order valence-electron chi connectivity index (χ1n) is 5.99. The lowest BCUT2D eigenvalue weighted by Gasteiger charge is -2.09. The fraction of sp³-hybridized carbons (Fsp3) is 0.0625. The Morgan fingerprint density at radius 1 is 1.11 bits per heavy atom. The second-order valence-corrected chi connectivity index (χ2v) is 4.34. The van der Waals surface area contributed by atoms with Crippen molar-refractivity contribution in [2.24, 2.45) is 0 Å². The summed E-state index contributed by atoms with van der Waals surface area (Å²) in [6, 6.07) is 12.7. The molecule has 1 heterocycles. The zero-order chi connectivity index (χ0) is 13.2. The van der Waals surface area contributed by atoms with Gasteiger partial charge in [-0.15, -0.1) is 0 Å². The van der Waals surface area contributed by atoms with Gasteiger partial charge in [0.15, 0.2) is 0 Å². The van der Waals surface area contributed by atoms with Crippen LogP contribution in [0.1, 0.15) is 16.7 Å². The number of benzene rings is 2. The molecule has 0 aliphatic carbocycles. The second-order valence-electron chi connectivity index (χ2n) is 4.34. The number of phenolic OH excluding ortho intramolecular Hbond substituents is 1. The Labute approximate surface area is 110 Å². The quantitative estimate of drug-likeness (QED) is 0.627. The Kier molecular flexibility index (Phi) is 2.80. The fourth-order valence-electron chi connectivity index (χ4n) is 2.31. The molecule has 0 unspecified atom stereocenters. The smallest absolute Gasteiger partial charge is 0.143 e. The minimum atomic E-state index is 0.151. The molecule has 0 fully saturated rings. The Morgan fingerprint density at radius 2 is 1.95 bits per heavy atom. The fourth-order valence-corrected chi connectivity index (χ4v) is 2.31. The first-order valence-corrected chi connectivity index (χ1v) is 5.99. The molecule has 19 heavy (non-hydrogen) atoms. The maximum absolute atomic E-state index is 10.9. The van der Waals surface area contributed by atoms with Crippen LogP contribution >= 0.6 is 0 Å². The molecule has 1 N–H and O–H groups in total. The number of aromatic hydroxyl groups is 1. The molecule has 0 aromatic heterocycles. The molecular formula is C16H12O3. The average molecular weight is 252 g/mol. The second kappa shape index (κ2) is 4.61. The third-order valence-corrected chi connectivity index (χ3v) is 3.18. The van der Waals surface area contributed by atoms with Crippen LogP contribution in [-0.4, -0.2) is 11.4 Å². The van der Waals surface area contributed by atoms with E-state index < -0.39 is 0 Å². The van der Waals surface area contributed by atoms with Gasteiger partial charge in [0.25, 0.3) is 0 Å². The van der Waals surface area contributed by atoms with Gasteiger partial charge >= 0.3 is 0 Å². The van der Waals surface area contributed by atoms with E-state index in [-0.39, 0.29) is 5.75 Å². The molecule has 3 nitrogen and oxygen atoms in total. The Balaban J connectivity index is 2.29. The largest absolute Gasteiger partial charge is 0.508 e. The minimum absolute atomic E-state index is 0.151. The number of carbonyl (C=O) groups excluding carboxylic acids is 1. The van der Waals surface area contributed by atoms with Crippen LogP contribution < -0.4 is 4.74 Å². The van der Waals surface area contributed by atoms with Gasteiger partial charge < -0.3 is 9.84 Å². The summed E-state index contributed by atoms with van der Waals surface area (Å²) in [4.78, 5) is 10.9. The molecule has 2 aromatic carbocycles. The minimum Gasteiger partial charge on any atom is -0.508 e. The van der Waals surface area contributed by atoms with Gasteiger partial charge in [-0.2, -0.15) is 0 Å². The van der Waals surface area contributed by atoms with E-state index in [0.717, 1.165) is 28.5 Å². The van der Waals surface area contributed by atoms with Crippen molar-refractivity contribution < 1.29 is 14.6 Å². The molecule has 0 radical (unpaired) electrons. The van der Waals surface area contributed by atoms with Crippen molar-refractivity contribution >= 4 is 11.9 Å². The van der Waals surface area contributed by atoms with E-state index in [1.54, 1.807) is 18.2 Å². The number of aldehydes is 1. The average Bonchev–Trinajstić information content (AvgIpc) is 2.58. The lowest BCUT2D eigenvalue weighted by atomic mass is 9.94. The molecule has 0 saturated heterocycles. The molecule has 0 atom stereocenters. The number of hydrogen-bond acceptors (Lipinski definition) is 3. The highest BCUT2D eigenvalue weighted by molar-refractivity contribution is 5.93. The Hall–Kier alpha value is -2.55. The van der Waals surface area contributed by atoms with E-state index in [4.69, 9.17) is 4.74 Å². The summed E-state index contributed by atoms with van der Waals surface area (Å²) in [6.45, 7) is 0.449. The SMILES string of the molecule is O=CC=C1c2ccccc2COc2ccc(O)cc21. The van der Waals surface area contributed by atoms with Gasteiger partial charge in [-0.25, -0.2) is 0 Å². The monoisotopic (exact) mass is 252 g/mol. The first-order chi connectivity index (χ1) is 9.29. The van der Waals surface area contributed by atoms with Gasteiger partial charge in [0.2, 0.25) is 0 Å². The van der Waals surface area contributed by atoms with Crippen LogP contribution in [0.2, 0.25) is 0 Å². The van der Waals surface area contributed by atoms with Gasteiger partial charge in [0.05, 0.1) is 0 Å². The number of ether oxygens (including phenoxy) is 1. The van der Waals surface area contributed by atoms with E-state index in [2.05, 4.69) is 0 Å². The first kappa shape index (κ1) is 11.5. The normalized spacial score (nSPS) is 15.1. The van der Waals surface area contributed by atoms with E-state index >= 15 is 0 Å². The Morgan fingerprint density at radius 3 is 2.79 bits per heavy atom. The van der Waals surface area contributed by atoms with Crippen molar-refractivity contribution in [2.45, 2.75) is 6.61 Å². The molecule has 3 rings (SSSR count). The van der Waals surface area contributed by atoms with E-state index in [9.17, 15) is 9.90 Å². The third kappa shape index (κ3) is 1.99. The van der Waals surface area contributed by atoms with Crippen molar-refractivity contribution in [2.75, 3.05) is 0 Å². The van der Waals surface area contributed by atoms with Crippen molar-refractivity contribution in [3.05, 3.63) is 65.2 Å². The van der Waals surface area contributed by atoms with Crippen molar-refractivity contribution in [3.63, 3.8) is 0 Å². The number of carbonyl (C=O) groups is 1. The van der Waals surface area contributed by atoms with Gasteiger partial charge in [-0.3, -0.25) is 4.79 Å². The summed E-state index contributed by atoms with van der Waals surface area (Å²) in [5, 5.41) is 9.64. The number of hydrogen-bond donors (Lipinski definition) is 1. The lowest BCUT2D eigenvalue weighted by molar-refractivity contribution is -0.104. The zero-order valence-electron chi connectivity index (χ0n) is 10.2. The summed E-state index contributed by atoms with van der Waals surface area (Å²) in [5.74, 6) is 0.820. The summed E-state index contributed by atoms with van der Waals surface area (Å²) in [7, 11) is 0. The third-order valence-electron chi connectivity index (χ3n) is 3.18. The molecule has 0 saturated carbocycles. The van der Waals surface area contributed by atoms with E-state index in [1.165, 1.54) is 6.08 Å². The van der Waals surface area contributed by atoms with Crippen LogP contribution in [0.4, 0.5) is 0 Å². The molecule has 0 amide bonds. The number of fused-ring (bicyclic) bond motifs is 2. The summed E-state index contributed by atoms with van der Waals surface area (Å²) >= 11 is 0. The summed E-state index contributed by atoms with van der Waals surface area (Å²) in [6.07, 6.45) is 2.26. The molecule has 0 spiro atoms. The predicted octanol–water partition coefficient (Wildman–Crippen LogP) is 2.92. The van der Waals surface area contributed by atoms with Crippen LogP contribution in [0, 0.1) is 0 Å². The molecular weight excluding hydrogens is 240 g/mol. The van der Waals surface area contributed by atoms with Crippen LogP contribution in [0.5, 0.6) is 11.5 Å². The highest BCUT2D eigenvalue weighted by Gasteiger charge is 2.19. The molecule has 0 bridgehead atoms. The molecule has 3 heteroatoms. The van der Waals surface area contributed by atoms with Crippen molar-refractivity contribution in [1.29, 1.82) is 0 Å². The molecule has 94 valence electrons. The van der Waals surface area contributed by atoms with Crippen molar-refractivity contribution in [3.8, 4) is 11.5 Å². The predicted molar refractivity (Wildman–Crippen MR) is 72.0 cm³/mol. The Bertz CT molecular complexity index is 671. The highest BCUT2D eigenvalue weighted by Crippen LogP contribution is 2.38. The summed E-state index contributed by atoms with van der Waals surface area (Å²) in [5.41, 5.74) is 3.48. The number of rotatable bonds is 1. The lowest BCUT2D eigenvalue weighted by Crippen LogP contribution is -1.94. The topological polar surface area (TPSA) is 46.5 Å². The van der Waals surface area contributed by atoms with Crippen molar-refractivity contribution in [1.82, 2.24) is 0 Å². The summed E-state index contributed by atoms with van der Waals surface area (Å²) < 4.78 is 5.74. The van der Waals surface area contributed by atoms with E-state index in [0.29, 0.717) is 12.4 Å². The van der Waals surface area contributed by atoms with Gasteiger partial charge in [-0.1, -0.05) is 24.3 Å². The van der Waals surface area contributed by atoms with Crippen LogP contribution in [0.15, 0.2) is 48.5 Å². The molecule has 2 aromatic rings. The molecule has 1 aliphatic rings.